The molecule has 0 aromatic heterocycles. The number of aryl methyl sites for hydroxylation is 1. The number of ether oxygens (including phenoxy) is 1. The van der Waals surface area contributed by atoms with Crippen LogP contribution in [0.1, 0.15) is 30.9 Å². The zero-order valence-electron chi connectivity index (χ0n) is 14.4. The third-order valence-corrected chi connectivity index (χ3v) is 4.19. The molecule has 0 radical (unpaired) electrons. The Bertz CT molecular complexity index is 696. The molecule has 25 heavy (non-hydrogen) atoms. The van der Waals surface area contributed by atoms with Crippen LogP contribution in [0.4, 0.5) is 0 Å². The van der Waals surface area contributed by atoms with Gasteiger partial charge in [0.25, 0.3) is 5.91 Å². The van der Waals surface area contributed by atoms with Crippen molar-refractivity contribution in [3.05, 3.63) is 40.8 Å². The van der Waals surface area contributed by atoms with E-state index in [0.29, 0.717) is 6.54 Å². The van der Waals surface area contributed by atoms with Crippen LogP contribution in [0.25, 0.3) is 6.08 Å². The second-order valence-electron chi connectivity index (χ2n) is 5.44. The number of hydrogen-bond acceptors (Lipinski definition) is 5. The van der Waals surface area contributed by atoms with Gasteiger partial charge in [0, 0.05) is 12.0 Å². The molecule has 0 saturated heterocycles. The maximum absolute atomic E-state index is 11.8. The SMILES string of the molecule is CCCCNC(=O)COC(=O)CNS(=O)(=O)C=Cc1ccc(C)cc1. The van der Waals surface area contributed by atoms with Gasteiger partial charge in [-0.25, -0.2) is 13.1 Å². The summed E-state index contributed by atoms with van der Waals surface area (Å²) in [6, 6.07) is 7.30. The van der Waals surface area contributed by atoms with E-state index in [1.807, 2.05) is 26.0 Å². The van der Waals surface area contributed by atoms with E-state index in [1.54, 1.807) is 12.1 Å². The summed E-state index contributed by atoms with van der Waals surface area (Å²) in [6.07, 6.45) is 3.21. The van der Waals surface area contributed by atoms with Crippen LogP contribution in [0.5, 0.6) is 0 Å². The third-order valence-electron chi connectivity index (χ3n) is 3.15. The quantitative estimate of drug-likeness (QED) is 0.479. The van der Waals surface area contributed by atoms with Gasteiger partial charge in [-0.05, 0) is 25.0 Å². The topological polar surface area (TPSA) is 102 Å². The molecule has 138 valence electrons. The molecule has 0 aliphatic rings. The molecule has 1 aromatic carbocycles. The highest BCUT2D eigenvalue weighted by Crippen LogP contribution is 2.05. The van der Waals surface area contributed by atoms with E-state index in [4.69, 9.17) is 4.74 Å². The summed E-state index contributed by atoms with van der Waals surface area (Å²) in [5.41, 5.74) is 1.79. The maximum Gasteiger partial charge on any atom is 0.321 e. The van der Waals surface area contributed by atoms with Crippen LogP contribution in [-0.4, -0.2) is 40.0 Å². The van der Waals surface area contributed by atoms with Gasteiger partial charge in [0.05, 0.1) is 0 Å². The molecular formula is C17H24N2O5S. The van der Waals surface area contributed by atoms with Crippen molar-refractivity contribution in [3.8, 4) is 0 Å². The maximum atomic E-state index is 11.8. The number of amides is 1. The summed E-state index contributed by atoms with van der Waals surface area (Å²) in [7, 11) is -3.77. The minimum absolute atomic E-state index is 0.413. The molecule has 0 bridgehead atoms. The van der Waals surface area contributed by atoms with Crippen molar-refractivity contribution in [1.29, 1.82) is 0 Å². The van der Waals surface area contributed by atoms with E-state index >= 15 is 0 Å². The number of unbranched alkanes of at least 4 members (excludes halogenated alkanes) is 1. The molecule has 0 atom stereocenters. The summed E-state index contributed by atoms with van der Waals surface area (Å²) >= 11 is 0. The first kappa shape index (κ1) is 20.9. The number of rotatable bonds is 10. The highest BCUT2D eigenvalue weighted by atomic mass is 32.2. The molecule has 0 saturated carbocycles. The van der Waals surface area contributed by atoms with Gasteiger partial charge in [-0.15, -0.1) is 0 Å². The number of benzene rings is 1. The van der Waals surface area contributed by atoms with Gasteiger partial charge in [-0.3, -0.25) is 9.59 Å². The molecule has 7 nitrogen and oxygen atoms in total. The third kappa shape index (κ3) is 9.63. The zero-order chi connectivity index (χ0) is 18.7. The molecule has 0 aliphatic carbocycles. The first-order valence-electron chi connectivity index (χ1n) is 7.99. The largest absolute Gasteiger partial charge is 0.455 e. The Labute approximate surface area is 148 Å². The molecule has 1 amide bonds. The van der Waals surface area contributed by atoms with Crippen molar-refractivity contribution in [3.63, 3.8) is 0 Å². The minimum Gasteiger partial charge on any atom is -0.455 e. The van der Waals surface area contributed by atoms with Crippen molar-refractivity contribution < 1.29 is 22.7 Å². The summed E-state index contributed by atoms with van der Waals surface area (Å²) < 4.78 is 30.4. The second-order valence-corrected chi connectivity index (χ2v) is 7.09. The molecule has 1 aromatic rings. The Morgan fingerprint density at radius 2 is 1.88 bits per heavy atom. The number of carbonyl (C=O) groups is 2. The molecule has 0 spiro atoms. The van der Waals surface area contributed by atoms with Gasteiger partial charge >= 0.3 is 5.97 Å². The average molecular weight is 368 g/mol. The molecule has 2 N–H and O–H groups in total. The number of carbonyl (C=O) groups excluding carboxylic acids is 2. The molecule has 0 unspecified atom stereocenters. The van der Waals surface area contributed by atoms with Gasteiger partial charge in [0.2, 0.25) is 10.0 Å². The lowest BCUT2D eigenvalue weighted by Crippen LogP contribution is -2.33. The number of sulfonamides is 1. The number of esters is 1. The van der Waals surface area contributed by atoms with Crippen LogP contribution in [-0.2, 0) is 24.3 Å². The van der Waals surface area contributed by atoms with Crippen molar-refractivity contribution in [2.45, 2.75) is 26.7 Å². The zero-order valence-corrected chi connectivity index (χ0v) is 15.3. The van der Waals surface area contributed by atoms with Gasteiger partial charge in [0.1, 0.15) is 6.54 Å². The predicted octanol–water partition coefficient (Wildman–Crippen LogP) is 1.34. The Hall–Kier alpha value is -2.19. The molecular weight excluding hydrogens is 344 g/mol. The Balaban J connectivity index is 2.36. The molecule has 0 aliphatic heterocycles. The second kappa shape index (κ2) is 10.6. The molecule has 0 fully saturated rings. The highest BCUT2D eigenvalue weighted by molar-refractivity contribution is 7.92. The van der Waals surface area contributed by atoms with Crippen LogP contribution in [0.15, 0.2) is 29.7 Å². The smallest absolute Gasteiger partial charge is 0.321 e. The monoisotopic (exact) mass is 368 g/mol. The van der Waals surface area contributed by atoms with Crippen molar-refractivity contribution in [2.24, 2.45) is 0 Å². The van der Waals surface area contributed by atoms with E-state index in [1.165, 1.54) is 6.08 Å². The van der Waals surface area contributed by atoms with Gasteiger partial charge in [0.15, 0.2) is 6.61 Å². The normalized spacial score (nSPS) is 11.4. The van der Waals surface area contributed by atoms with Crippen LogP contribution >= 0.6 is 0 Å². The van der Waals surface area contributed by atoms with Crippen LogP contribution in [0, 0.1) is 6.92 Å². The fraction of sp³-hybridized carbons (Fsp3) is 0.412. The lowest BCUT2D eigenvalue weighted by atomic mass is 10.2. The van der Waals surface area contributed by atoms with Crippen LogP contribution < -0.4 is 10.0 Å². The van der Waals surface area contributed by atoms with E-state index in [9.17, 15) is 18.0 Å². The fourth-order valence-corrected chi connectivity index (χ4v) is 2.46. The Kier molecular flexibility index (Phi) is 8.87. The standard InChI is InChI=1S/C17H24N2O5S/c1-3-4-10-18-16(20)13-24-17(21)12-19-25(22,23)11-9-15-7-5-14(2)6-8-15/h5-9,11,19H,3-4,10,12-13H2,1-2H3,(H,18,20). The van der Waals surface area contributed by atoms with Crippen molar-refractivity contribution >= 4 is 28.0 Å². The van der Waals surface area contributed by atoms with Gasteiger partial charge in [-0.1, -0.05) is 43.2 Å². The Morgan fingerprint density at radius 1 is 1.20 bits per heavy atom. The van der Waals surface area contributed by atoms with E-state index in [2.05, 4.69) is 10.0 Å². The number of nitrogens with one attached hydrogen (secondary N) is 2. The predicted molar refractivity (Wildman–Crippen MR) is 96.0 cm³/mol. The Morgan fingerprint density at radius 3 is 2.52 bits per heavy atom. The summed E-state index contributed by atoms with van der Waals surface area (Å²) in [5.74, 6) is -1.23. The average Bonchev–Trinajstić information content (AvgIpc) is 2.58. The minimum atomic E-state index is -3.77. The van der Waals surface area contributed by atoms with Crippen molar-refractivity contribution in [1.82, 2.24) is 10.0 Å². The summed E-state index contributed by atoms with van der Waals surface area (Å²) in [5, 5.41) is 3.56. The highest BCUT2D eigenvalue weighted by Gasteiger charge is 2.11. The van der Waals surface area contributed by atoms with Crippen molar-refractivity contribution in [2.75, 3.05) is 19.7 Å². The first-order chi connectivity index (χ1) is 11.8. The van der Waals surface area contributed by atoms with Crippen LogP contribution in [0.3, 0.4) is 0 Å². The lowest BCUT2D eigenvalue weighted by molar-refractivity contribution is -0.147. The van der Waals surface area contributed by atoms with E-state index in [0.717, 1.165) is 29.4 Å². The number of hydrogen-bond donors (Lipinski definition) is 2. The lowest BCUT2D eigenvalue weighted by Gasteiger charge is -2.06. The summed E-state index contributed by atoms with van der Waals surface area (Å²) in [6.45, 7) is 3.47. The molecule has 0 heterocycles. The molecule has 1 rings (SSSR count). The molecule has 8 heteroatoms. The van der Waals surface area contributed by atoms with E-state index < -0.39 is 35.1 Å². The van der Waals surface area contributed by atoms with E-state index in [-0.39, 0.29) is 0 Å². The fourth-order valence-electron chi connectivity index (χ4n) is 1.71. The van der Waals surface area contributed by atoms with Gasteiger partial charge in [-0.2, -0.15) is 0 Å². The van der Waals surface area contributed by atoms with Crippen LogP contribution in [0.2, 0.25) is 0 Å². The summed E-state index contributed by atoms with van der Waals surface area (Å²) in [4.78, 5) is 22.9. The first-order valence-corrected chi connectivity index (χ1v) is 9.54. The van der Waals surface area contributed by atoms with Gasteiger partial charge < -0.3 is 10.1 Å².